The summed E-state index contributed by atoms with van der Waals surface area (Å²) in [6.07, 6.45) is 0.0865. The van der Waals surface area contributed by atoms with E-state index in [2.05, 4.69) is 5.32 Å². The van der Waals surface area contributed by atoms with Crippen molar-refractivity contribution in [2.75, 3.05) is 20.8 Å². The Kier molecular flexibility index (Phi) is 5.92. The first-order chi connectivity index (χ1) is 9.51. The fourth-order valence-electron chi connectivity index (χ4n) is 1.57. The number of carbonyl (C=O) groups is 2. The smallest absolute Gasteiger partial charge is 0.326 e. The van der Waals surface area contributed by atoms with Crippen LogP contribution in [0.25, 0.3) is 0 Å². The number of carbonyl (C=O) groups excluding carboxylic acids is 1. The van der Waals surface area contributed by atoms with Gasteiger partial charge in [0.1, 0.15) is 6.04 Å². The average molecular weight is 285 g/mol. The molecule has 110 valence electrons. The third kappa shape index (κ3) is 3.92. The fraction of sp³-hybridized carbons (Fsp3) is 0.385. The predicted octanol–water partition coefficient (Wildman–Crippen LogP) is 1.05. The first-order valence-electron chi connectivity index (χ1n) is 5.86. The number of hydrogen-bond donors (Lipinski definition) is 2. The highest BCUT2D eigenvalue weighted by molar-refractivity contribution is 5.97. The summed E-state index contributed by atoms with van der Waals surface area (Å²) in [5.41, 5.74) is -0.270. The van der Waals surface area contributed by atoms with E-state index in [0.29, 0.717) is 0 Å². The summed E-state index contributed by atoms with van der Waals surface area (Å²) in [5.74, 6) is -2.94. The van der Waals surface area contributed by atoms with E-state index >= 15 is 0 Å². The van der Waals surface area contributed by atoms with Crippen molar-refractivity contribution in [3.8, 4) is 5.75 Å². The summed E-state index contributed by atoms with van der Waals surface area (Å²) in [6, 6.07) is 2.92. The van der Waals surface area contributed by atoms with Gasteiger partial charge in [0.05, 0.1) is 12.7 Å². The van der Waals surface area contributed by atoms with Crippen LogP contribution in [0.4, 0.5) is 4.39 Å². The molecule has 2 N–H and O–H groups in total. The number of benzene rings is 1. The van der Waals surface area contributed by atoms with Crippen molar-refractivity contribution in [1.29, 1.82) is 0 Å². The second kappa shape index (κ2) is 7.44. The zero-order valence-electron chi connectivity index (χ0n) is 11.2. The van der Waals surface area contributed by atoms with E-state index in [1.54, 1.807) is 0 Å². The topological polar surface area (TPSA) is 84.9 Å². The Morgan fingerprint density at radius 3 is 2.65 bits per heavy atom. The van der Waals surface area contributed by atoms with E-state index in [4.69, 9.17) is 14.6 Å². The monoisotopic (exact) mass is 285 g/mol. The minimum Gasteiger partial charge on any atom is -0.494 e. The van der Waals surface area contributed by atoms with Gasteiger partial charge in [-0.05, 0) is 12.1 Å². The van der Waals surface area contributed by atoms with Gasteiger partial charge in [-0.3, -0.25) is 4.79 Å². The van der Waals surface area contributed by atoms with E-state index in [0.717, 1.165) is 0 Å². The Balaban J connectivity index is 2.86. The number of ether oxygens (including phenoxy) is 2. The van der Waals surface area contributed by atoms with Crippen molar-refractivity contribution in [2.24, 2.45) is 0 Å². The van der Waals surface area contributed by atoms with Gasteiger partial charge in [-0.1, -0.05) is 6.07 Å². The highest BCUT2D eigenvalue weighted by Gasteiger charge is 2.23. The highest BCUT2D eigenvalue weighted by Crippen LogP contribution is 2.19. The first kappa shape index (κ1) is 15.9. The van der Waals surface area contributed by atoms with Crippen LogP contribution >= 0.6 is 0 Å². The fourth-order valence-corrected chi connectivity index (χ4v) is 1.57. The number of nitrogens with one attached hydrogen (secondary N) is 1. The van der Waals surface area contributed by atoms with E-state index < -0.39 is 23.7 Å². The largest absolute Gasteiger partial charge is 0.494 e. The lowest BCUT2D eigenvalue weighted by molar-refractivity contribution is -0.139. The number of aliphatic carboxylic acids is 1. The number of amides is 1. The molecule has 0 fully saturated rings. The lowest BCUT2D eigenvalue weighted by atomic mass is 10.1. The molecular weight excluding hydrogens is 269 g/mol. The second-order valence-corrected chi connectivity index (χ2v) is 3.97. The van der Waals surface area contributed by atoms with Crippen LogP contribution in [-0.4, -0.2) is 43.9 Å². The van der Waals surface area contributed by atoms with Gasteiger partial charge in [-0.25, -0.2) is 9.18 Å². The van der Waals surface area contributed by atoms with Crippen molar-refractivity contribution < 1.29 is 28.6 Å². The number of carboxylic acids is 1. The van der Waals surface area contributed by atoms with Crippen molar-refractivity contribution in [1.82, 2.24) is 5.32 Å². The van der Waals surface area contributed by atoms with Crippen LogP contribution in [0.3, 0.4) is 0 Å². The Hall–Kier alpha value is -2.15. The van der Waals surface area contributed by atoms with Crippen molar-refractivity contribution in [3.05, 3.63) is 29.6 Å². The van der Waals surface area contributed by atoms with Crippen LogP contribution in [0.2, 0.25) is 0 Å². The molecule has 1 aromatic rings. The Bertz CT molecular complexity index is 492. The molecule has 1 unspecified atom stereocenters. The highest BCUT2D eigenvalue weighted by atomic mass is 19.1. The van der Waals surface area contributed by atoms with Gasteiger partial charge in [0.2, 0.25) is 0 Å². The molecule has 20 heavy (non-hydrogen) atoms. The molecule has 1 atom stereocenters. The quantitative estimate of drug-likeness (QED) is 0.782. The van der Waals surface area contributed by atoms with Gasteiger partial charge >= 0.3 is 5.97 Å². The molecule has 1 rings (SSSR count). The molecule has 1 amide bonds. The molecule has 0 aliphatic carbocycles. The molecule has 0 aliphatic rings. The molecule has 0 spiro atoms. The normalized spacial score (nSPS) is 11.8. The molecule has 7 heteroatoms. The van der Waals surface area contributed by atoms with Gasteiger partial charge in [-0.2, -0.15) is 0 Å². The standard InChI is InChI=1S/C13H16FNO5/c1-19-7-6-9(13(17)18)15-12(16)8-4-3-5-10(20-2)11(8)14/h3-5,9H,6-7H2,1-2H3,(H,15,16)(H,17,18). The summed E-state index contributed by atoms with van der Waals surface area (Å²) in [7, 11) is 2.70. The van der Waals surface area contributed by atoms with Gasteiger partial charge < -0.3 is 19.9 Å². The Morgan fingerprint density at radius 2 is 2.10 bits per heavy atom. The van der Waals surface area contributed by atoms with Crippen molar-refractivity contribution >= 4 is 11.9 Å². The molecule has 6 nitrogen and oxygen atoms in total. The minimum absolute atomic E-state index is 0.0820. The molecule has 0 heterocycles. The third-order valence-electron chi connectivity index (χ3n) is 2.64. The molecular formula is C13H16FNO5. The van der Waals surface area contributed by atoms with Crippen LogP contribution in [0, 0.1) is 5.82 Å². The minimum atomic E-state index is -1.21. The van der Waals surface area contributed by atoms with Crippen molar-refractivity contribution in [2.45, 2.75) is 12.5 Å². The summed E-state index contributed by atoms with van der Waals surface area (Å²) < 4.78 is 23.4. The number of methoxy groups -OCH3 is 2. The first-order valence-corrected chi connectivity index (χ1v) is 5.86. The Morgan fingerprint density at radius 1 is 1.40 bits per heavy atom. The third-order valence-corrected chi connectivity index (χ3v) is 2.64. The van der Waals surface area contributed by atoms with E-state index in [9.17, 15) is 14.0 Å². The van der Waals surface area contributed by atoms with Crippen LogP contribution in [0.15, 0.2) is 18.2 Å². The number of rotatable bonds is 7. The molecule has 0 aromatic heterocycles. The SMILES string of the molecule is COCCC(NC(=O)c1cccc(OC)c1F)C(=O)O. The number of hydrogen-bond acceptors (Lipinski definition) is 4. The second-order valence-electron chi connectivity index (χ2n) is 3.97. The predicted molar refractivity (Wildman–Crippen MR) is 68.3 cm³/mol. The van der Waals surface area contributed by atoms with Gasteiger partial charge in [0, 0.05) is 20.1 Å². The summed E-state index contributed by atoms with van der Waals surface area (Å²) in [6.45, 7) is 0.165. The molecule has 0 aliphatic heterocycles. The molecule has 0 saturated carbocycles. The van der Waals surface area contributed by atoms with E-state index in [1.807, 2.05) is 0 Å². The van der Waals surface area contributed by atoms with E-state index in [-0.39, 0.29) is 24.3 Å². The van der Waals surface area contributed by atoms with Gasteiger partial charge in [0.25, 0.3) is 5.91 Å². The maximum absolute atomic E-state index is 13.9. The molecule has 1 aromatic carbocycles. The zero-order valence-corrected chi connectivity index (χ0v) is 11.2. The molecule has 0 radical (unpaired) electrons. The molecule has 0 saturated heterocycles. The van der Waals surface area contributed by atoms with Crippen LogP contribution < -0.4 is 10.1 Å². The zero-order chi connectivity index (χ0) is 15.1. The average Bonchev–Trinajstić information content (AvgIpc) is 2.43. The van der Waals surface area contributed by atoms with Crippen LogP contribution in [0.5, 0.6) is 5.75 Å². The lowest BCUT2D eigenvalue weighted by Crippen LogP contribution is -2.41. The number of halogens is 1. The Labute approximate surface area is 115 Å². The number of carboxylic acid groups (broad SMARTS) is 1. The summed E-state index contributed by atoms with van der Waals surface area (Å²) in [4.78, 5) is 22.9. The summed E-state index contributed by atoms with van der Waals surface area (Å²) in [5, 5.41) is 11.2. The lowest BCUT2D eigenvalue weighted by Gasteiger charge is -2.14. The van der Waals surface area contributed by atoms with Crippen LogP contribution in [-0.2, 0) is 9.53 Å². The van der Waals surface area contributed by atoms with Crippen LogP contribution in [0.1, 0.15) is 16.8 Å². The maximum atomic E-state index is 13.9. The molecule has 0 bridgehead atoms. The van der Waals surface area contributed by atoms with Crippen molar-refractivity contribution in [3.63, 3.8) is 0 Å². The summed E-state index contributed by atoms with van der Waals surface area (Å²) >= 11 is 0. The van der Waals surface area contributed by atoms with E-state index in [1.165, 1.54) is 32.4 Å². The van der Waals surface area contributed by atoms with Gasteiger partial charge in [0.15, 0.2) is 11.6 Å². The maximum Gasteiger partial charge on any atom is 0.326 e. The van der Waals surface area contributed by atoms with Gasteiger partial charge in [-0.15, -0.1) is 0 Å².